The summed E-state index contributed by atoms with van der Waals surface area (Å²) in [6, 6.07) is 0. The first-order chi connectivity index (χ1) is 11.2. The third-order valence-electron chi connectivity index (χ3n) is 5.92. The summed E-state index contributed by atoms with van der Waals surface area (Å²) >= 11 is 0. The lowest BCUT2D eigenvalue weighted by molar-refractivity contribution is 0.0126. The fourth-order valence-corrected chi connectivity index (χ4v) is 3.77. The summed E-state index contributed by atoms with van der Waals surface area (Å²) in [6.07, 6.45) is 11.2. The molecule has 0 radical (unpaired) electrons. The van der Waals surface area contributed by atoms with Gasteiger partial charge in [-0.2, -0.15) is 0 Å². The van der Waals surface area contributed by atoms with Crippen molar-refractivity contribution in [2.24, 2.45) is 11.8 Å². The molecule has 0 aromatic heterocycles. The van der Waals surface area contributed by atoms with E-state index in [-0.39, 0.29) is 5.60 Å². The Labute approximate surface area is 148 Å². The lowest BCUT2D eigenvalue weighted by Gasteiger charge is -2.28. The van der Waals surface area contributed by atoms with Crippen LogP contribution in [0, 0.1) is 11.8 Å². The highest BCUT2D eigenvalue weighted by molar-refractivity contribution is 5.11. The highest BCUT2D eigenvalue weighted by Crippen LogP contribution is 2.44. The van der Waals surface area contributed by atoms with Gasteiger partial charge in [-0.15, -0.1) is 0 Å². The predicted octanol–water partition coefficient (Wildman–Crippen LogP) is 4.65. The van der Waals surface area contributed by atoms with Crippen molar-refractivity contribution in [2.45, 2.75) is 90.1 Å². The predicted molar refractivity (Wildman–Crippen MR) is 99.0 cm³/mol. The van der Waals surface area contributed by atoms with Gasteiger partial charge in [0.05, 0.1) is 23.4 Å². The van der Waals surface area contributed by atoms with E-state index in [1.807, 2.05) is 6.08 Å². The molecule has 1 saturated heterocycles. The maximum absolute atomic E-state index is 10.4. The molecular formula is C21H36O3. The molecule has 0 saturated carbocycles. The molecule has 1 heterocycles. The maximum atomic E-state index is 10.4. The molecule has 1 aliphatic heterocycles. The number of hydrogen-bond acceptors (Lipinski definition) is 3. The van der Waals surface area contributed by atoms with Crippen LogP contribution in [0.4, 0.5) is 0 Å². The Morgan fingerprint density at radius 3 is 2.62 bits per heavy atom. The van der Waals surface area contributed by atoms with Gasteiger partial charge in [0.2, 0.25) is 0 Å². The zero-order valence-corrected chi connectivity index (χ0v) is 16.3. The summed E-state index contributed by atoms with van der Waals surface area (Å²) in [6.45, 7) is 11.0. The topological polar surface area (TPSA) is 42.0 Å². The molecule has 0 aromatic carbocycles. The first-order valence-corrected chi connectivity index (χ1v) is 9.45. The summed E-state index contributed by atoms with van der Waals surface area (Å²) in [5, 5.41) is 10.4. The van der Waals surface area contributed by atoms with Crippen molar-refractivity contribution < 1.29 is 14.6 Å². The Morgan fingerprint density at radius 2 is 2.00 bits per heavy atom. The number of ether oxygens (including phenoxy) is 2. The SMILES string of the molecule is CO[C@@]1(C)/C=C/[C@H](C(C)C)CC[C@]2(C)O[C@H]2CC/C(C)=C/[C@H](O)C1. The van der Waals surface area contributed by atoms with E-state index in [0.717, 1.165) is 25.7 Å². The number of allylic oxidation sites excluding steroid dienone is 2. The van der Waals surface area contributed by atoms with Crippen molar-refractivity contribution in [2.75, 3.05) is 7.11 Å². The van der Waals surface area contributed by atoms with Crippen LogP contribution in [0.5, 0.6) is 0 Å². The van der Waals surface area contributed by atoms with Crippen molar-refractivity contribution in [1.29, 1.82) is 0 Å². The zero-order chi connectivity index (χ0) is 18.0. The third kappa shape index (κ3) is 5.18. The van der Waals surface area contributed by atoms with E-state index in [4.69, 9.17) is 9.47 Å². The quantitative estimate of drug-likeness (QED) is 0.589. The summed E-state index contributed by atoms with van der Waals surface area (Å²) in [7, 11) is 1.73. The molecule has 0 unspecified atom stereocenters. The molecule has 5 atom stereocenters. The van der Waals surface area contributed by atoms with Gasteiger partial charge in [0.15, 0.2) is 0 Å². The number of aliphatic hydroxyl groups excluding tert-OH is 1. The molecule has 0 spiro atoms. The lowest BCUT2D eigenvalue weighted by Crippen LogP contribution is -2.30. The van der Waals surface area contributed by atoms with Crippen molar-refractivity contribution in [3.8, 4) is 0 Å². The minimum atomic E-state index is -0.480. The highest BCUT2D eigenvalue weighted by Gasteiger charge is 2.51. The van der Waals surface area contributed by atoms with E-state index >= 15 is 0 Å². The monoisotopic (exact) mass is 336 g/mol. The van der Waals surface area contributed by atoms with Crippen molar-refractivity contribution >= 4 is 0 Å². The van der Waals surface area contributed by atoms with Crippen LogP contribution in [-0.2, 0) is 9.47 Å². The number of epoxide rings is 1. The lowest BCUT2D eigenvalue weighted by atomic mass is 9.84. The molecule has 2 aliphatic rings. The average Bonchev–Trinajstić information content (AvgIpc) is 3.14. The second-order valence-electron chi connectivity index (χ2n) is 8.56. The van der Waals surface area contributed by atoms with Gasteiger partial charge in [0.25, 0.3) is 0 Å². The summed E-state index contributed by atoms with van der Waals surface area (Å²) < 4.78 is 11.7. The minimum Gasteiger partial charge on any atom is -0.389 e. The Bertz CT molecular complexity index is 481. The van der Waals surface area contributed by atoms with Gasteiger partial charge in [-0.3, -0.25) is 0 Å². The molecule has 2 rings (SSSR count). The summed E-state index contributed by atoms with van der Waals surface area (Å²) in [5.41, 5.74) is 0.852. The Kier molecular flexibility index (Phi) is 6.33. The molecule has 0 bridgehead atoms. The van der Waals surface area contributed by atoms with Crippen LogP contribution in [0.2, 0.25) is 0 Å². The fourth-order valence-electron chi connectivity index (χ4n) is 3.77. The van der Waals surface area contributed by atoms with Crippen LogP contribution in [0.25, 0.3) is 0 Å². The van der Waals surface area contributed by atoms with Crippen LogP contribution in [0.3, 0.4) is 0 Å². The zero-order valence-electron chi connectivity index (χ0n) is 16.3. The molecule has 1 N–H and O–H groups in total. The molecule has 1 aliphatic carbocycles. The second-order valence-corrected chi connectivity index (χ2v) is 8.56. The molecule has 0 amide bonds. The van der Waals surface area contributed by atoms with Crippen molar-refractivity contribution in [3.63, 3.8) is 0 Å². The van der Waals surface area contributed by atoms with Gasteiger partial charge in [-0.1, -0.05) is 37.6 Å². The van der Waals surface area contributed by atoms with Crippen LogP contribution in [-0.4, -0.2) is 35.6 Å². The number of aliphatic hydroxyl groups is 1. The van der Waals surface area contributed by atoms with E-state index in [0.29, 0.717) is 24.4 Å². The van der Waals surface area contributed by atoms with E-state index in [2.05, 4.69) is 46.8 Å². The Hall–Kier alpha value is -0.640. The van der Waals surface area contributed by atoms with Crippen LogP contribution in [0.1, 0.15) is 66.7 Å². The average molecular weight is 337 g/mol. The van der Waals surface area contributed by atoms with Gasteiger partial charge >= 0.3 is 0 Å². The van der Waals surface area contributed by atoms with Gasteiger partial charge < -0.3 is 14.6 Å². The van der Waals surface area contributed by atoms with Gasteiger partial charge in [0.1, 0.15) is 0 Å². The van der Waals surface area contributed by atoms with Crippen molar-refractivity contribution in [3.05, 3.63) is 23.8 Å². The smallest absolute Gasteiger partial charge is 0.0920 e. The third-order valence-corrected chi connectivity index (χ3v) is 5.92. The van der Waals surface area contributed by atoms with E-state index in [1.165, 1.54) is 5.57 Å². The van der Waals surface area contributed by atoms with Crippen LogP contribution in [0.15, 0.2) is 23.8 Å². The first-order valence-electron chi connectivity index (χ1n) is 9.45. The Morgan fingerprint density at radius 1 is 1.29 bits per heavy atom. The van der Waals surface area contributed by atoms with Gasteiger partial charge in [0, 0.05) is 13.5 Å². The second kappa shape index (κ2) is 7.72. The van der Waals surface area contributed by atoms with E-state index in [9.17, 15) is 5.11 Å². The van der Waals surface area contributed by atoms with Crippen molar-refractivity contribution in [1.82, 2.24) is 0 Å². The number of fused-ring (bicyclic) bond motifs is 1. The highest BCUT2D eigenvalue weighted by atomic mass is 16.6. The minimum absolute atomic E-state index is 0.0502. The molecule has 1 fully saturated rings. The number of rotatable bonds is 2. The Balaban J connectivity index is 2.21. The number of hydrogen-bond donors (Lipinski definition) is 1. The molecule has 24 heavy (non-hydrogen) atoms. The molecule has 138 valence electrons. The fraction of sp³-hybridized carbons (Fsp3) is 0.810. The molecular weight excluding hydrogens is 300 g/mol. The summed E-state index contributed by atoms with van der Waals surface area (Å²) in [5.74, 6) is 1.10. The maximum Gasteiger partial charge on any atom is 0.0920 e. The van der Waals surface area contributed by atoms with E-state index in [1.54, 1.807) is 7.11 Å². The van der Waals surface area contributed by atoms with Gasteiger partial charge in [-0.05, 0) is 58.3 Å². The number of methoxy groups -OCH3 is 1. The molecule has 3 heteroatoms. The van der Waals surface area contributed by atoms with Crippen LogP contribution < -0.4 is 0 Å². The molecule has 0 aromatic rings. The molecule has 3 nitrogen and oxygen atoms in total. The van der Waals surface area contributed by atoms with E-state index < -0.39 is 11.7 Å². The van der Waals surface area contributed by atoms with Crippen LogP contribution >= 0.6 is 0 Å². The first kappa shape index (κ1) is 19.7. The normalized spacial score (nSPS) is 45.0. The van der Waals surface area contributed by atoms with Gasteiger partial charge in [-0.25, -0.2) is 0 Å². The summed E-state index contributed by atoms with van der Waals surface area (Å²) in [4.78, 5) is 0. The largest absolute Gasteiger partial charge is 0.389 e. The standard InChI is InChI=1S/C21H36O3/c1-15(2)17-9-11-20(4,23-6)14-18(22)13-16(3)7-8-19-21(5,24-19)12-10-17/h9,11,13,15,17-19,22H,7-8,10,12,14H2,1-6H3/b11-9+,16-13+/t17-,18-,19-,20-,21-/m0/s1.